The molecular formula is C33H42N6O7. The lowest BCUT2D eigenvalue weighted by Gasteiger charge is -2.27. The molecule has 2 bridgehead atoms. The SMILES string of the molecule is CC(C)C[C@@H]1NC(=O)[C@H]([C@@H](C)O)NC(=O)[C@@H](NC(=O)Cn2cc(C(=O)C3CC3)c3ccccc32)CCCCNC(=O)c2coc1n2. The molecular weight excluding hydrogens is 592 g/mol. The molecule has 1 aliphatic carbocycles. The van der Waals surface area contributed by atoms with Crippen LogP contribution in [0, 0.1) is 11.8 Å². The van der Waals surface area contributed by atoms with Gasteiger partial charge >= 0.3 is 0 Å². The predicted octanol–water partition coefficient (Wildman–Crippen LogP) is 2.39. The van der Waals surface area contributed by atoms with Crippen LogP contribution in [0.5, 0.6) is 0 Å². The first-order valence-corrected chi connectivity index (χ1v) is 16.0. The molecule has 5 N–H and O–H groups in total. The second kappa shape index (κ2) is 14.3. The maximum atomic E-state index is 13.6. The van der Waals surface area contributed by atoms with Crippen molar-refractivity contribution in [3.8, 4) is 0 Å². The van der Waals surface area contributed by atoms with Gasteiger partial charge in [-0.05, 0) is 57.4 Å². The van der Waals surface area contributed by atoms with Gasteiger partial charge in [-0.15, -0.1) is 0 Å². The Morgan fingerprint density at radius 1 is 1.07 bits per heavy atom. The molecule has 4 atom stereocenters. The van der Waals surface area contributed by atoms with Gasteiger partial charge in [-0.25, -0.2) is 4.98 Å². The lowest BCUT2D eigenvalue weighted by Crippen LogP contribution is -2.57. The summed E-state index contributed by atoms with van der Waals surface area (Å²) in [5.41, 5.74) is 1.40. The zero-order valence-corrected chi connectivity index (χ0v) is 26.4. The number of aliphatic hydroxyl groups excluding tert-OH is 1. The van der Waals surface area contributed by atoms with Crippen LogP contribution in [0.2, 0.25) is 0 Å². The first-order valence-electron chi connectivity index (χ1n) is 16.0. The predicted molar refractivity (Wildman–Crippen MR) is 168 cm³/mol. The number of Topliss-reactive ketones (excluding diaryl/α,β-unsaturated/α-hetero) is 1. The van der Waals surface area contributed by atoms with Crippen LogP contribution in [0.25, 0.3) is 10.9 Å². The molecule has 46 heavy (non-hydrogen) atoms. The number of hydrogen-bond acceptors (Lipinski definition) is 8. The number of aromatic nitrogens is 2. The Labute approximate surface area is 266 Å². The van der Waals surface area contributed by atoms with Gasteiger partial charge in [0.2, 0.25) is 23.6 Å². The molecule has 3 aromatic rings. The number of rotatable bonds is 8. The fourth-order valence-corrected chi connectivity index (χ4v) is 5.73. The molecule has 0 saturated heterocycles. The van der Waals surface area contributed by atoms with E-state index < -0.39 is 47.9 Å². The molecule has 3 heterocycles. The van der Waals surface area contributed by atoms with E-state index in [2.05, 4.69) is 26.3 Å². The van der Waals surface area contributed by atoms with Crippen molar-refractivity contribution in [3.05, 3.63) is 53.9 Å². The van der Waals surface area contributed by atoms with E-state index in [4.69, 9.17) is 4.42 Å². The summed E-state index contributed by atoms with van der Waals surface area (Å²) in [6.07, 6.45) is 4.99. The Bertz CT molecular complexity index is 1600. The Morgan fingerprint density at radius 3 is 2.54 bits per heavy atom. The van der Waals surface area contributed by atoms with Crippen molar-refractivity contribution in [3.63, 3.8) is 0 Å². The van der Waals surface area contributed by atoms with E-state index in [1.54, 1.807) is 10.8 Å². The minimum atomic E-state index is -1.34. The van der Waals surface area contributed by atoms with Crippen molar-refractivity contribution < 1.29 is 33.5 Å². The number of nitrogens with zero attached hydrogens (tertiary/aromatic N) is 2. The summed E-state index contributed by atoms with van der Waals surface area (Å²) in [7, 11) is 0. The summed E-state index contributed by atoms with van der Waals surface area (Å²) in [4.78, 5) is 70.3. The lowest BCUT2D eigenvalue weighted by atomic mass is 10.0. The highest BCUT2D eigenvalue weighted by molar-refractivity contribution is 6.10. The van der Waals surface area contributed by atoms with Crippen LogP contribution in [-0.4, -0.2) is 68.8 Å². The van der Waals surface area contributed by atoms with Crippen molar-refractivity contribution in [2.45, 2.75) is 90.1 Å². The van der Waals surface area contributed by atoms with Gasteiger partial charge in [0.25, 0.3) is 5.91 Å². The molecule has 0 radical (unpaired) electrons. The highest BCUT2D eigenvalue weighted by Crippen LogP contribution is 2.35. The van der Waals surface area contributed by atoms with Gasteiger partial charge in [-0.1, -0.05) is 32.0 Å². The molecule has 13 heteroatoms. The summed E-state index contributed by atoms with van der Waals surface area (Å²) in [6, 6.07) is 4.31. The monoisotopic (exact) mass is 634 g/mol. The van der Waals surface area contributed by atoms with Crippen LogP contribution < -0.4 is 21.3 Å². The molecule has 4 amide bonds. The van der Waals surface area contributed by atoms with Crippen LogP contribution in [0.3, 0.4) is 0 Å². The zero-order valence-electron chi connectivity index (χ0n) is 26.4. The van der Waals surface area contributed by atoms with Gasteiger partial charge in [0.15, 0.2) is 11.5 Å². The van der Waals surface area contributed by atoms with E-state index >= 15 is 0 Å². The molecule has 0 spiro atoms. The van der Waals surface area contributed by atoms with Crippen molar-refractivity contribution in [2.24, 2.45) is 11.8 Å². The number of carbonyl (C=O) groups excluding carboxylic acids is 5. The second-order valence-corrected chi connectivity index (χ2v) is 12.7. The standard InChI is InChI=1S/C33H42N6O7/c1-18(2)14-24-33-37-25(17-46-33)30(43)34-13-7-6-9-23(31(44)38-28(19(3)40)32(45)36-24)35-27(41)16-39-15-22(29(42)20-11-12-20)21-8-4-5-10-26(21)39/h4-5,8,10,15,17-20,23-24,28,40H,6-7,9,11-14,16H2,1-3H3,(H,34,43)(H,35,41)(H,36,45)(H,38,44)/t19-,23+,24+,28+/m1/s1. The van der Waals surface area contributed by atoms with E-state index in [0.29, 0.717) is 31.4 Å². The van der Waals surface area contributed by atoms with E-state index in [-0.39, 0.29) is 42.2 Å². The third-order valence-electron chi connectivity index (χ3n) is 8.31. The highest BCUT2D eigenvalue weighted by atomic mass is 16.3. The molecule has 13 nitrogen and oxygen atoms in total. The first kappa shape index (κ1) is 32.9. The molecule has 246 valence electrons. The molecule has 1 aromatic carbocycles. The quantitative estimate of drug-likeness (QED) is 0.234. The Morgan fingerprint density at radius 2 is 1.83 bits per heavy atom. The van der Waals surface area contributed by atoms with Crippen LogP contribution >= 0.6 is 0 Å². The molecule has 5 rings (SSSR count). The fourth-order valence-electron chi connectivity index (χ4n) is 5.73. The van der Waals surface area contributed by atoms with Gasteiger partial charge in [0, 0.05) is 35.1 Å². The first-order chi connectivity index (χ1) is 22.0. The maximum absolute atomic E-state index is 13.6. The molecule has 2 aromatic heterocycles. The number of oxazole rings is 1. The number of ketones is 1. The molecule has 1 fully saturated rings. The summed E-state index contributed by atoms with van der Waals surface area (Å²) in [5, 5.41) is 22.3. The number of aliphatic hydroxyl groups is 1. The van der Waals surface area contributed by atoms with Crippen LogP contribution in [0.15, 0.2) is 41.1 Å². The lowest BCUT2D eigenvalue weighted by molar-refractivity contribution is -0.134. The van der Waals surface area contributed by atoms with Gasteiger partial charge in [-0.3, -0.25) is 24.0 Å². The highest BCUT2D eigenvalue weighted by Gasteiger charge is 2.34. The smallest absolute Gasteiger partial charge is 0.273 e. The van der Waals surface area contributed by atoms with E-state index in [0.717, 1.165) is 23.7 Å². The second-order valence-electron chi connectivity index (χ2n) is 12.7. The molecule has 0 unspecified atom stereocenters. The Kier molecular flexibility index (Phi) is 10.2. The third-order valence-corrected chi connectivity index (χ3v) is 8.31. The summed E-state index contributed by atoms with van der Waals surface area (Å²) < 4.78 is 7.26. The van der Waals surface area contributed by atoms with Crippen molar-refractivity contribution in [1.29, 1.82) is 0 Å². The van der Waals surface area contributed by atoms with Gasteiger partial charge < -0.3 is 35.4 Å². The van der Waals surface area contributed by atoms with E-state index in [1.807, 2.05) is 38.1 Å². The minimum absolute atomic E-state index is 0.0204. The Hall–Kier alpha value is -4.52. The van der Waals surface area contributed by atoms with Crippen molar-refractivity contribution in [2.75, 3.05) is 6.54 Å². The molecule has 1 saturated carbocycles. The van der Waals surface area contributed by atoms with Gasteiger partial charge in [-0.2, -0.15) is 0 Å². The van der Waals surface area contributed by atoms with E-state index in [9.17, 15) is 29.1 Å². The third kappa shape index (κ3) is 7.82. The number of benzene rings is 1. The number of hydrogen-bond donors (Lipinski definition) is 5. The number of carbonyl (C=O) groups is 5. The van der Waals surface area contributed by atoms with Crippen molar-refractivity contribution >= 4 is 40.3 Å². The van der Waals surface area contributed by atoms with Crippen LogP contribution in [0.1, 0.15) is 92.1 Å². The topological polar surface area (TPSA) is 185 Å². The maximum Gasteiger partial charge on any atom is 0.273 e. The summed E-state index contributed by atoms with van der Waals surface area (Å²) >= 11 is 0. The number of fused-ring (bicyclic) bond motifs is 3. The van der Waals surface area contributed by atoms with Gasteiger partial charge in [0.05, 0.1) is 6.10 Å². The van der Waals surface area contributed by atoms with Crippen LogP contribution in [-0.2, 0) is 20.9 Å². The average molecular weight is 635 g/mol. The zero-order chi connectivity index (χ0) is 33.0. The minimum Gasteiger partial charge on any atom is -0.446 e. The summed E-state index contributed by atoms with van der Waals surface area (Å²) in [5.74, 6) is -1.84. The Balaban J connectivity index is 1.35. The average Bonchev–Trinajstić information content (AvgIpc) is 3.63. The molecule has 1 aliphatic heterocycles. The molecule has 2 aliphatic rings. The normalized spacial score (nSPS) is 22.2. The number of amides is 4. The van der Waals surface area contributed by atoms with Gasteiger partial charge in [0.1, 0.15) is 30.9 Å². The van der Waals surface area contributed by atoms with E-state index in [1.165, 1.54) is 13.2 Å². The number of nitrogens with one attached hydrogen (secondary N) is 4. The van der Waals surface area contributed by atoms with Crippen LogP contribution in [0.4, 0.5) is 0 Å². The van der Waals surface area contributed by atoms with Crippen molar-refractivity contribution in [1.82, 2.24) is 30.8 Å². The fraction of sp³-hybridized carbons (Fsp3) is 0.515. The summed E-state index contributed by atoms with van der Waals surface area (Å²) in [6.45, 7) is 5.46. The largest absolute Gasteiger partial charge is 0.446 e. The number of para-hydroxylation sites is 1.